The third-order valence-electron chi connectivity index (χ3n) is 2.03. The molecule has 0 aliphatic rings. The Morgan fingerprint density at radius 1 is 1.28 bits per heavy atom. The molecule has 0 saturated carbocycles. The standard InChI is InChI=1S/C11H7IN2O2S2/c12-8-2-1-3-9(6-8)14-18(15,16)11-5-4-10(7-13)17-11/h1-6,14H. The van der Waals surface area contributed by atoms with E-state index in [1.54, 1.807) is 18.2 Å². The molecule has 2 aromatic rings. The van der Waals surface area contributed by atoms with Gasteiger partial charge in [-0.05, 0) is 52.9 Å². The van der Waals surface area contributed by atoms with Crippen LogP contribution in [0, 0.1) is 14.9 Å². The highest BCUT2D eigenvalue weighted by Gasteiger charge is 2.16. The van der Waals surface area contributed by atoms with Gasteiger partial charge in [0, 0.05) is 9.26 Å². The molecule has 4 nitrogen and oxygen atoms in total. The molecular formula is C11H7IN2O2S2. The van der Waals surface area contributed by atoms with E-state index in [9.17, 15) is 8.42 Å². The number of nitrogens with zero attached hydrogens (tertiary/aromatic N) is 1. The van der Waals surface area contributed by atoms with E-state index >= 15 is 0 Å². The number of thiophene rings is 1. The second kappa shape index (κ2) is 5.26. The lowest BCUT2D eigenvalue weighted by Crippen LogP contribution is -2.11. The zero-order valence-electron chi connectivity index (χ0n) is 8.92. The molecule has 7 heteroatoms. The minimum Gasteiger partial charge on any atom is -0.279 e. The van der Waals surface area contributed by atoms with Crippen molar-refractivity contribution in [3.05, 3.63) is 44.8 Å². The second-order valence-corrected chi connectivity index (χ2v) is 7.58. The predicted molar refractivity (Wildman–Crippen MR) is 79.0 cm³/mol. The molecule has 1 heterocycles. The summed E-state index contributed by atoms with van der Waals surface area (Å²) in [6.07, 6.45) is 0. The van der Waals surface area contributed by atoms with Gasteiger partial charge in [-0.1, -0.05) is 6.07 Å². The van der Waals surface area contributed by atoms with Crippen molar-refractivity contribution in [3.63, 3.8) is 0 Å². The van der Waals surface area contributed by atoms with E-state index in [1.165, 1.54) is 12.1 Å². The maximum absolute atomic E-state index is 12.0. The normalized spacial score (nSPS) is 10.9. The number of anilines is 1. The number of sulfonamides is 1. The third-order valence-corrected chi connectivity index (χ3v) is 5.57. The summed E-state index contributed by atoms with van der Waals surface area (Å²) in [5.74, 6) is 0. The molecule has 1 aromatic heterocycles. The fourth-order valence-electron chi connectivity index (χ4n) is 1.28. The molecule has 1 aromatic carbocycles. The number of rotatable bonds is 3. The van der Waals surface area contributed by atoms with Crippen LogP contribution in [0.4, 0.5) is 5.69 Å². The van der Waals surface area contributed by atoms with Crippen LogP contribution in [0.15, 0.2) is 40.6 Å². The molecule has 2 rings (SSSR count). The predicted octanol–water partition coefficient (Wildman–Crippen LogP) is 3.03. The Morgan fingerprint density at radius 2 is 2.06 bits per heavy atom. The molecule has 18 heavy (non-hydrogen) atoms. The highest BCUT2D eigenvalue weighted by Crippen LogP contribution is 2.24. The van der Waals surface area contributed by atoms with E-state index < -0.39 is 10.0 Å². The van der Waals surface area contributed by atoms with Crippen LogP contribution in [0.3, 0.4) is 0 Å². The van der Waals surface area contributed by atoms with Crippen LogP contribution < -0.4 is 4.72 Å². The van der Waals surface area contributed by atoms with E-state index in [2.05, 4.69) is 27.3 Å². The van der Waals surface area contributed by atoms with Gasteiger partial charge in [-0.2, -0.15) is 5.26 Å². The van der Waals surface area contributed by atoms with Crippen LogP contribution in [0.25, 0.3) is 0 Å². The lowest BCUT2D eigenvalue weighted by Gasteiger charge is -2.06. The van der Waals surface area contributed by atoms with Gasteiger partial charge in [0.15, 0.2) is 0 Å². The quantitative estimate of drug-likeness (QED) is 0.820. The number of hydrogen-bond acceptors (Lipinski definition) is 4. The van der Waals surface area contributed by atoms with Gasteiger partial charge < -0.3 is 0 Å². The van der Waals surface area contributed by atoms with Crippen LogP contribution in [-0.2, 0) is 10.0 Å². The summed E-state index contributed by atoms with van der Waals surface area (Å²) in [6, 6.07) is 11.9. The Bertz CT molecular complexity index is 717. The number of nitriles is 1. The van der Waals surface area contributed by atoms with Gasteiger partial charge in [0.25, 0.3) is 10.0 Å². The van der Waals surface area contributed by atoms with E-state index in [4.69, 9.17) is 5.26 Å². The highest BCUT2D eigenvalue weighted by atomic mass is 127. The highest BCUT2D eigenvalue weighted by molar-refractivity contribution is 14.1. The molecule has 0 saturated heterocycles. The lowest BCUT2D eigenvalue weighted by atomic mass is 10.3. The maximum atomic E-state index is 12.0. The van der Waals surface area contributed by atoms with Gasteiger partial charge in [-0.3, -0.25) is 4.72 Å². The molecule has 0 fully saturated rings. The van der Waals surface area contributed by atoms with Crippen LogP contribution in [0.1, 0.15) is 4.88 Å². The maximum Gasteiger partial charge on any atom is 0.271 e. The van der Waals surface area contributed by atoms with Gasteiger partial charge in [0.05, 0.1) is 0 Å². The number of nitrogens with one attached hydrogen (secondary N) is 1. The zero-order valence-corrected chi connectivity index (χ0v) is 12.7. The lowest BCUT2D eigenvalue weighted by molar-refractivity contribution is 0.603. The van der Waals surface area contributed by atoms with Crippen molar-refractivity contribution in [2.45, 2.75) is 4.21 Å². The second-order valence-electron chi connectivity index (χ2n) is 3.35. The molecule has 92 valence electrons. The van der Waals surface area contributed by atoms with Crippen molar-refractivity contribution >= 4 is 49.6 Å². The zero-order chi connectivity index (χ0) is 13.2. The van der Waals surface area contributed by atoms with E-state index in [1.807, 2.05) is 12.1 Å². The first kappa shape index (κ1) is 13.3. The Kier molecular flexibility index (Phi) is 3.89. The SMILES string of the molecule is N#Cc1ccc(S(=O)(=O)Nc2cccc(I)c2)s1. The van der Waals surface area contributed by atoms with E-state index in [-0.39, 0.29) is 4.21 Å². The van der Waals surface area contributed by atoms with Gasteiger partial charge in [0.2, 0.25) is 0 Å². The summed E-state index contributed by atoms with van der Waals surface area (Å²) >= 11 is 3.06. The van der Waals surface area contributed by atoms with Gasteiger partial charge in [-0.25, -0.2) is 8.42 Å². The fraction of sp³-hybridized carbons (Fsp3) is 0. The third kappa shape index (κ3) is 3.01. The van der Waals surface area contributed by atoms with Crippen LogP contribution in [0.5, 0.6) is 0 Å². The Labute approximate surface area is 122 Å². The van der Waals surface area contributed by atoms with Gasteiger partial charge in [0.1, 0.15) is 15.2 Å². The molecule has 0 aliphatic heterocycles. The molecule has 0 spiro atoms. The molecule has 1 N–H and O–H groups in total. The summed E-state index contributed by atoms with van der Waals surface area (Å²) in [7, 11) is -3.61. The summed E-state index contributed by atoms with van der Waals surface area (Å²) in [5.41, 5.74) is 0.508. The Morgan fingerprint density at radius 3 is 2.67 bits per heavy atom. The first-order valence-electron chi connectivity index (χ1n) is 4.79. The minimum absolute atomic E-state index is 0.137. The Hall–Kier alpha value is -1.11. The summed E-state index contributed by atoms with van der Waals surface area (Å²) in [5, 5.41) is 8.69. The molecule has 0 atom stereocenters. The van der Waals surface area contributed by atoms with Crippen molar-refractivity contribution < 1.29 is 8.42 Å². The fourth-order valence-corrected chi connectivity index (χ4v) is 3.98. The topological polar surface area (TPSA) is 70.0 Å². The number of hydrogen-bond donors (Lipinski definition) is 1. The largest absolute Gasteiger partial charge is 0.279 e. The first-order chi connectivity index (χ1) is 8.51. The van der Waals surface area contributed by atoms with Crippen molar-refractivity contribution in [1.82, 2.24) is 0 Å². The van der Waals surface area contributed by atoms with Crippen molar-refractivity contribution in [3.8, 4) is 6.07 Å². The van der Waals surface area contributed by atoms with Crippen LogP contribution in [-0.4, -0.2) is 8.42 Å². The average molecular weight is 390 g/mol. The Balaban J connectivity index is 2.30. The van der Waals surface area contributed by atoms with Crippen molar-refractivity contribution in [1.29, 1.82) is 5.26 Å². The average Bonchev–Trinajstić information content (AvgIpc) is 2.77. The van der Waals surface area contributed by atoms with E-state index in [0.29, 0.717) is 10.6 Å². The number of benzene rings is 1. The van der Waals surface area contributed by atoms with Crippen LogP contribution in [0.2, 0.25) is 0 Å². The van der Waals surface area contributed by atoms with Crippen LogP contribution >= 0.6 is 33.9 Å². The van der Waals surface area contributed by atoms with Crippen molar-refractivity contribution in [2.75, 3.05) is 4.72 Å². The molecule has 0 bridgehead atoms. The van der Waals surface area contributed by atoms with E-state index in [0.717, 1.165) is 14.9 Å². The molecule has 0 unspecified atom stereocenters. The van der Waals surface area contributed by atoms with Gasteiger partial charge in [-0.15, -0.1) is 11.3 Å². The summed E-state index contributed by atoms with van der Waals surface area (Å²) in [6.45, 7) is 0. The number of halogens is 1. The van der Waals surface area contributed by atoms with Gasteiger partial charge >= 0.3 is 0 Å². The summed E-state index contributed by atoms with van der Waals surface area (Å²) in [4.78, 5) is 0.373. The smallest absolute Gasteiger partial charge is 0.271 e. The monoisotopic (exact) mass is 390 g/mol. The molecule has 0 aliphatic carbocycles. The molecule has 0 radical (unpaired) electrons. The van der Waals surface area contributed by atoms with Crippen molar-refractivity contribution in [2.24, 2.45) is 0 Å². The summed E-state index contributed by atoms with van der Waals surface area (Å²) < 4.78 is 27.6. The molecular weight excluding hydrogens is 383 g/mol. The molecule has 0 amide bonds. The first-order valence-corrected chi connectivity index (χ1v) is 8.17. The minimum atomic E-state index is -3.61.